The summed E-state index contributed by atoms with van der Waals surface area (Å²) >= 11 is 0. The molecule has 0 aliphatic carbocycles. The predicted octanol–water partition coefficient (Wildman–Crippen LogP) is 1.89. The van der Waals surface area contributed by atoms with Crippen LogP contribution in [0.1, 0.15) is 31.7 Å². The van der Waals surface area contributed by atoms with E-state index in [1.54, 1.807) is 0 Å². The molecule has 114 valence electrons. The first-order chi connectivity index (χ1) is 10.2. The molecule has 0 bridgehead atoms. The first kappa shape index (κ1) is 14.4. The lowest BCUT2D eigenvalue weighted by molar-refractivity contribution is -0.133. The average Bonchev–Trinajstić information content (AvgIpc) is 2.96. The number of hydrogen-bond acceptors (Lipinski definition) is 3. The normalized spacial score (nSPS) is 23.2. The van der Waals surface area contributed by atoms with Gasteiger partial charge in [0.25, 0.3) is 0 Å². The van der Waals surface area contributed by atoms with Crippen LogP contribution < -0.4 is 15.4 Å². The Balaban J connectivity index is 1.55. The number of rotatable bonds is 4. The van der Waals surface area contributed by atoms with Gasteiger partial charge < -0.3 is 15.4 Å². The number of nitrogens with one attached hydrogen (secondary N) is 2. The summed E-state index contributed by atoms with van der Waals surface area (Å²) in [6, 6.07) is 8.11. The topological polar surface area (TPSA) is 50.4 Å². The number of ether oxygens (including phenoxy) is 1. The molecule has 1 saturated heterocycles. The van der Waals surface area contributed by atoms with Crippen LogP contribution in [0, 0.1) is 5.41 Å². The largest absolute Gasteiger partial charge is 0.488 e. The molecular weight excluding hydrogens is 264 g/mol. The van der Waals surface area contributed by atoms with Gasteiger partial charge in [-0.25, -0.2) is 0 Å². The van der Waals surface area contributed by atoms with Gasteiger partial charge in [0, 0.05) is 6.42 Å². The quantitative estimate of drug-likeness (QED) is 0.889. The summed E-state index contributed by atoms with van der Waals surface area (Å²) in [6.07, 6.45) is 3.73. The summed E-state index contributed by atoms with van der Waals surface area (Å²) in [7, 11) is 0. The molecular formula is C17H24N2O2. The minimum absolute atomic E-state index is 0.0713. The summed E-state index contributed by atoms with van der Waals surface area (Å²) in [6.45, 7) is 4.59. The van der Waals surface area contributed by atoms with Crippen molar-refractivity contribution in [2.24, 2.45) is 5.41 Å². The molecule has 4 nitrogen and oxygen atoms in total. The zero-order chi connectivity index (χ0) is 14.7. The van der Waals surface area contributed by atoms with Gasteiger partial charge in [-0.3, -0.25) is 4.79 Å². The first-order valence-corrected chi connectivity index (χ1v) is 7.97. The van der Waals surface area contributed by atoms with Crippen molar-refractivity contribution in [2.75, 3.05) is 19.6 Å². The highest BCUT2D eigenvalue weighted by Gasteiger charge is 2.38. The molecule has 2 N–H and O–H groups in total. The third kappa shape index (κ3) is 2.91. The van der Waals surface area contributed by atoms with Crippen molar-refractivity contribution < 1.29 is 9.53 Å². The predicted molar refractivity (Wildman–Crippen MR) is 82.4 cm³/mol. The van der Waals surface area contributed by atoms with E-state index in [4.69, 9.17) is 4.74 Å². The Morgan fingerprint density at radius 1 is 1.38 bits per heavy atom. The van der Waals surface area contributed by atoms with Gasteiger partial charge in [0.2, 0.25) is 5.91 Å². The van der Waals surface area contributed by atoms with E-state index in [0.717, 1.165) is 44.5 Å². The van der Waals surface area contributed by atoms with Crippen molar-refractivity contribution in [3.63, 3.8) is 0 Å². The van der Waals surface area contributed by atoms with Gasteiger partial charge >= 0.3 is 0 Å². The standard InChI is InChI=1S/C17H24N2O2/c1-2-17(7-9-18-10-8-17)16(20)19-12-14-11-13-5-3-4-6-15(13)21-14/h3-6,14,18H,2,7-12H2,1H3,(H,19,20). The van der Waals surface area contributed by atoms with Gasteiger partial charge in [0.05, 0.1) is 12.0 Å². The lowest BCUT2D eigenvalue weighted by atomic mass is 9.76. The van der Waals surface area contributed by atoms with Crippen LogP contribution in [0.25, 0.3) is 0 Å². The minimum Gasteiger partial charge on any atom is -0.488 e. The number of para-hydroxylation sites is 1. The lowest BCUT2D eigenvalue weighted by Crippen LogP contribution is -2.49. The lowest BCUT2D eigenvalue weighted by Gasteiger charge is -2.35. The van der Waals surface area contributed by atoms with E-state index >= 15 is 0 Å². The maximum atomic E-state index is 12.6. The van der Waals surface area contributed by atoms with Gasteiger partial charge in [0.1, 0.15) is 11.9 Å². The monoisotopic (exact) mass is 288 g/mol. The molecule has 3 rings (SSSR count). The third-order valence-electron chi connectivity index (χ3n) is 4.92. The molecule has 1 amide bonds. The molecule has 1 unspecified atom stereocenters. The summed E-state index contributed by atoms with van der Waals surface area (Å²) < 4.78 is 5.88. The highest BCUT2D eigenvalue weighted by molar-refractivity contribution is 5.82. The van der Waals surface area contributed by atoms with Crippen molar-refractivity contribution in [3.05, 3.63) is 29.8 Å². The number of fused-ring (bicyclic) bond motifs is 1. The van der Waals surface area contributed by atoms with E-state index in [1.165, 1.54) is 5.56 Å². The molecule has 0 saturated carbocycles. The molecule has 2 aliphatic rings. The number of hydrogen-bond donors (Lipinski definition) is 2. The van der Waals surface area contributed by atoms with Crippen LogP contribution in [-0.4, -0.2) is 31.6 Å². The van der Waals surface area contributed by atoms with E-state index in [-0.39, 0.29) is 17.4 Å². The zero-order valence-corrected chi connectivity index (χ0v) is 12.7. The van der Waals surface area contributed by atoms with Crippen molar-refractivity contribution in [2.45, 2.75) is 38.7 Å². The maximum absolute atomic E-state index is 12.6. The molecule has 0 radical (unpaired) electrons. The van der Waals surface area contributed by atoms with Crippen LogP contribution in [-0.2, 0) is 11.2 Å². The van der Waals surface area contributed by atoms with Crippen molar-refractivity contribution in [1.29, 1.82) is 0 Å². The molecule has 1 aromatic carbocycles. The molecule has 1 aromatic rings. The Morgan fingerprint density at radius 2 is 2.14 bits per heavy atom. The number of carbonyl (C=O) groups excluding carboxylic acids is 1. The van der Waals surface area contributed by atoms with Gasteiger partial charge in [-0.1, -0.05) is 25.1 Å². The van der Waals surface area contributed by atoms with Crippen LogP contribution in [0.3, 0.4) is 0 Å². The van der Waals surface area contributed by atoms with Gasteiger partial charge in [-0.15, -0.1) is 0 Å². The summed E-state index contributed by atoms with van der Waals surface area (Å²) in [5.74, 6) is 1.16. The number of amides is 1. The smallest absolute Gasteiger partial charge is 0.226 e. The van der Waals surface area contributed by atoms with E-state index in [9.17, 15) is 4.79 Å². The molecule has 0 aromatic heterocycles. The van der Waals surface area contributed by atoms with Crippen molar-refractivity contribution in [3.8, 4) is 5.75 Å². The Morgan fingerprint density at radius 3 is 2.86 bits per heavy atom. The Kier molecular flexibility index (Phi) is 4.15. The highest BCUT2D eigenvalue weighted by Crippen LogP contribution is 2.33. The number of piperidine rings is 1. The van der Waals surface area contributed by atoms with Crippen LogP contribution in [0.2, 0.25) is 0 Å². The van der Waals surface area contributed by atoms with Gasteiger partial charge in [0.15, 0.2) is 0 Å². The average molecular weight is 288 g/mol. The first-order valence-electron chi connectivity index (χ1n) is 7.97. The molecule has 21 heavy (non-hydrogen) atoms. The van der Waals surface area contributed by atoms with Crippen LogP contribution in [0.5, 0.6) is 5.75 Å². The summed E-state index contributed by atoms with van der Waals surface area (Å²) in [4.78, 5) is 12.6. The molecule has 1 atom stereocenters. The second-order valence-electron chi connectivity index (χ2n) is 6.15. The number of benzene rings is 1. The van der Waals surface area contributed by atoms with Crippen LogP contribution in [0.4, 0.5) is 0 Å². The van der Waals surface area contributed by atoms with E-state index in [1.807, 2.05) is 18.2 Å². The maximum Gasteiger partial charge on any atom is 0.226 e. The Hall–Kier alpha value is -1.55. The fourth-order valence-electron chi connectivity index (χ4n) is 3.41. The Labute approximate surface area is 126 Å². The summed E-state index contributed by atoms with van der Waals surface area (Å²) in [5.41, 5.74) is 1.06. The highest BCUT2D eigenvalue weighted by atomic mass is 16.5. The molecule has 0 spiro atoms. The molecule has 1 fully saturated rings. The Bertz CT molecular complexity index is 484. The number of carbonyl (C=O) groups is 1. The third-order valence-corrected chi connectivity index (χ3v) is 4.92. The fraction of sp³-hybridized carbons (Fsp3) is 0.588. The zero-order valence-electron chi connectivity index (χ0n) is 12.7. The van der Waals surface area contributed by atoms with E-state index < -0.39 is 0 Å². The minimum atomic E-state index is -0.184. The van der Waals surface area contributed by atoms with Crippen LogP contribution >= 0.6 is 0 Å². The molecule has 2 heterocycles. The fourth-order valence-corrected chi connectivity index (χ4v) is 3.41. The summed E-state index contributed by atoms with van der Waals surface area (Å²) in [5, 5.41) is 6.46. The van der Waals surface area contributed by atoms with Crippen molar-refractivity contribution >= 4 is 5.91 Å². The molecule has 4 heteroatoms. The second-order valence-corrected chi connectivity index (χ2v) is 6.15. The van der Waals surface area contributed by atoms with Gasteiger partial charge in [-0.05, 0) is 44.0 Å². The van der Waals surface area contributed by atoms with Crippen molar-refractivity contribution in [1.82, 2.24) is 10.6 Å². The van der Waals surface area contributed by atoms with Crippen LogP contribution in [0.15, 0.2) is 24.3 Å². The SMILES string of the molecule is CCC1(C(=O)NCC2Cc3ccccc3O2)CCNCC1. The van der Waals surface area contributed by atoms with E-state index in [0.29, 0.717) is 6.54 Å². The van der Waals surface area contributed by atoms with E-state index in [2.05, 4.69) is 23.6 Å². The second kappa shape index (κ2) is 6.06. The molecule has 2 aliphatic heterocycles. The van der Waals surface area contributed by atoms with Gasteiger partial charge in [-0.2, -0.15) is 0 Å².